The number of hydrogen-bond acceptors (Lipinski definition) is 2. The van der Waals surface area contributed by atoms with Crippen LogP contribution < -0.4 is 5.32 Å². The first-order valence-electron chi connectivity index (χ1n) is 6.80. The van der Waals surface area contributed by atoms with E-state index in [1.54, 1.807) is 29.8 Å². The Balaban J connectivity index is 2.27. The van der Waals surface area contributed by atoms with E-state index in [0.717, 1.165) is 10.9 Å². The summed E-state index contributed by atoms with van der Waals surface area (Å²) in [6.07, 6.45) is 0.431. The van der Waals surface area contributed by atoms with Crippen molar-refractivity contribution in [1.82, 2.24) is 4.57 Å². The number of aromatic carboxylic acids is 1. The van der Waals surface area contributed by atoms with E-state index in [9.17, 15) is 9.59 Å². The summed E-state index contributed by atoms with van der Waals surface area (Å²) in [4.78, 5) is 23.1. The van der Waals surface area contributed by atoms with E-state index in [1.807, 2.05) is 26.8 Å². The van der Waals surface area contributed by atoms with E-state index in [4.69, 9.17) is 5.11 Å². The maximum absolute atomic E-state index is 11.9. The Bertz CT molecular complexity index is 708. The normalized spacial score (nSPS) is 11.6. The number of carbonyl (C=O) groups excluding carboxylic acids is 1. The van der Waals surface area contributed by atoms with Crippen molar-refractivity contribution in [2.75, 3.05) is 5.32 Å². The lowest BCUT2D eigenvalue weighted by molar-refractivity contribution is -0.117. The number of carboxylic acid groups (broad SMARTS) is 1. The van der Waals surface area contributed by atoms with Gasteiger partial charge < -0.3 is 15.0 Å². The van der Waals surface area contributed by atoms with Crippen LogP contribution in [0.25, 0.3) is 10.9 Å². The first-order valence-corrected chi connectivity index (χ1v) is 6.80. The lowest BCUT2D eigenvalue weighted by atomic mass is 9.92. The van der Waals surface area contributed by atoms with Gasteiger partial charge in [0.1, 0.15) is 5.69 Å². The number of amides is 1. The van der Waals surface area contributed by atoms with E-state index in [2.05, 4.69) is 5.32 Å². The maximum Gasteiger partial charge on any atom is 0.352 e. The first-order chi connectivity index (χ1) is 9.67. The highest BCUT2D eigenvalue weighted by Gasteiger charge is 2.17. The molecule has 0 saturated heterocycles. The number of anilines is 1. The van der Waals surface area contributed by atoms with Crippen LogP contribution in [0.4, 0.5) is 5.69 Å². The average molecular weight is 288 g/mol. The zero-order valence-corrected chi connectivity index (χ0v) is 12.7. The van der Waals surface area contributed by atoms with E-state index >= 15 is 0 Å². The molecule has 21 heavy (non-hydrogen) atoms. The van der Waals surface area contributed by atoms with Gasteiger partial charge in [0.15, 0.2) is 0 Å². The van der Waals surface area contributed by atoms with Crippen LogP contribution in [-0.4, -0.2) is 21.6 Å². The summed E-state index contributed by atoms with van der Waals surface area (Å²) >= 11 is 0. The summed E-state index contributed by atoms with van der Waals surface area (Å²) in [6, 6.07) is 7.00. The second-order valence-electron chi connectivity index (χ2n) is 6.45. The van der Waals surface area contributed by atoms with Gasteiger partial charge in [-0.25, -0.2) is 4.79 Å². The van der Waals surface area contributed by atoms with Crippen molar-refractivity contribution < 1.29 is 14.7 Å². The highest BCUT2D eigenvalue weighted by Crippen LogP contribution is 2.24. The van der Waals surface area contributed by atoms with Crippen LogP contribution in [0.3, 0.4) is 0 Å². The molecule has 5 nitrogen and oxygen atoms in total. The Morgan fingerprint density at radius 1 is 1.24 bits per heavy atom. The molecule has 2 rings (SSSR count). The van der Waals surface area contributed by atoms with Gasteiger partial charge in [-0.1, -0.05) is 20.8 Å². The fraction of sp³-hybridized carbons (Fsp3) is 0.375. The predicted molar refractivity (Wildman–Crippen MR) is 82.6 cm³/mol. The molecule has 5 heteroatoms. The number of nitrogens with one attached hydrogen (secondary N) is 1. The molecule has 2 N–H and O–H groups in total. The van der Waals surface area contributed by atoms with Gasteiger partial charge >= 0.3 is 5.97 Å². The molecule has 0 unspecified atom stereocenters. The summed E-state index contributed by atoms with van der Waals surface area (Å²) in [5, 5.41) is 12.8. The molecule has 0 radical (unpaired) electrons. The molecule has 0 saturated carbocycles. The first kappa shape index (κ1) is 15.1. The lowest BCUT2D eigenvalue weighted by Crippen LogP contribution is -2.19. The van der Waals surface area contributed by atoms with Gasteiger partial charge in [0, 0.05) is 30.1 Å². The molecule has 0 fully saturated rings. The molecule has 0 bridgehead atoms. The monoisotopic (exact) mass is 288 g/mol. The van der Waals surface area contributed by atoms with Gasteiger partial charge in [0.05, 0.1) is 0 Å². The van der Waals surface area contributed by atoms with Crippen LogP contribution in [0.2, 0.25) is 0 Å². The van der Waals surface area contributed by atoms with Gasteiger partial charge in [-0.2, -0.15) is 0 Å². The number of aryl methyl sites for hydroxylation is 1. The van der Waals surface area contributed by atoms with Crippen LogP contribution in [0.15, 0.2) is 24.3 Å². The molecule has 112 valence electrons. The molecular formula is C16H20N2O3. The molecule has 0 spiro atoms. The zero-order valence-electron chi connectivity index (χ0n) is 12.7. The van der Waals surface area contributed by atoms with Gasteiger partial charge in [-0.15, -0.1) is 0 Å². The van der Waals surface area contributed by atoms with Crippen molar-refractivity contribution in [3.8, 4) is 0 Å². The highest BCUT2D eigenvalue weighted by atomic mass is 16.4. The minimum Gasteiger partial charge on any atom is -0.477 e. The Labute approximate surface area is 123 Å². The second kappa shape index (κ2) is 5.24. The number of aromatic nitrogens is 1. The number of nitrogens with zero attached hydrogens (tertiary/aromatic N) is 1. The topological polar surface area (TPSA) is 71.3 Å². The predicted octanol–water partition coefficient (Wildman–Crippen LogP) is 3.25. The van der Waals surface area contributed by atoms with Crippen molar-refractivity contribution in [1.29, 1.82) is 0 Å². The molecule has 1 aromatic heterocycles. The Kier molecular flexibility index (Phi) is 3.77. The fourth-order valence-corrected chi connectivity index (χ4v) is 2.32. The average Bonchev–Trinajstić information content (AvgIpc) is 2.64. The van der Waals surface area contributed by atoms with E-state index in [-0.39, 0.29) is 17.0 Å². The summed E-state index contributed by atoms with van der Waals surface area (Å²) in [5.41, 5.74) is 1.65. The molecule has 2 aromatic rings. The highest BCUT2D eigenvalue weighted by molar-refractivity contribution is 5.98. The van der Waals surface area contributed by atoms with Crippen molar-refractivity contribution in [3.05, 3.63) is 30.0 Å². The molecule has 0 aliphatic heterocycles. The minimum absolute atomic E-state index is 0.0451. The van der Waals surface area contributed by atoms with E-state index in [1.165, 1.54) is 0 Å². The van der Waals surface area contributed by atoms with Crippen molar-refractivity contribution in [3.63, 3.8) is 0 Å². The van der Waals surface area contributed by atoms with Crippen molar-refractivity contribution in [2.45, 2.75) is 27.2 Å². The molecule has 0 atom stereocenters. The smallest absolute Gasteiger partial charge is 0.352 e. The summed E-state index contributed by atoms with van der Waals surface area (Å²) in [7, 11) is 1.71. The lowest BCUT2D eigenvalue weighted by Gasteiger charge is -2.17. The van der Waals surface area contributed by atoms with Gasteiger partial charge in [0.25, 0.3) is 0 Å². The number of carboxylic acids is 1. The van der Waals surface area contributed by atoms with Crippen LogP contribution in [0.5, 0.6) is 0 Å². The number of fused-ring (bicyclic) bond motifs is 1. The van der Waals surface area contributed by atoms with Crippen molar-refractivity contribution in [2.24, 2.45) is 12.5 Å². The summed E-state index contributed by atoms with van der Waals surface area (Å²) < 4.78 is 1.62. The zero-order chi connectivity index (χ0) is 15.8. The van der Waals surface area contributed by atoms with Crippen LogP contribution >= 0.6 is 0 Å². The Morgan fingerprint density at radius 3 is 2.48 bits per heavy atom. The summed E-state index contributed by atoms with van der Waals surface area (Å²) in [5.74, 6) is -1.01. The van der Waals surface area contributed by atoms with Crippen LogP contribution in [0.1, 0.15) is 37.7 Å². The SMILES string of the molecule is Cn1c(C(=O)O)cc2cc(NC(=O)CC(C)(C)C)ccc21. The molecule has 1 heterocycles. The number of rotatable bonds is 3. The quantitative estimate of drug-likeness (QED) is 0.910. The number of benzene rings is 1. The van der Waals surface area contributed by atoms with Crippen LogP contribution in [-0.2, 0) is 11.8 Å². The minimum atomic E-state index is -0.966. The van der Waals surface area contributed by atoms with Gasteiger partial charge in [0.2, 0.25) is 5.91 Å². The second-order valence-corrected chi connectivity index (χ2v) is 6.45. The largest absolute Gasteiger partial charge is 0.477 e. The standard InChI is InChI=1S/C16H20N2O3/c1-16(2,3)9-14(19)17-11-5-6-12-10(7-11)8-13(15(20)21)18(12)4/h5-8H,9H2,1-4H3,(H,17,19)(H,20,21). The van der Waals surface area contributed by atoms with Crippen molar-refractivity contribution >= 4 is 28.5 Å². The van der Waals surface area contributed by atoms with Gasteiger partial charge in [-0.05, 0) is 29.7 Å². The van der Waals surface area contributed by atoms with Gasteiger partial charge in [-0.3, -0.25) is 4.79 Å². The Hall–Kier alpha value is -2.30. The molecule has 0 aliphatic rings. The number of hydrogen-bond donors (Lipinski definition) is 2. The molecule has 0 aliphatic carbocycles. The van der Waals surface area contributed by atoms with Crippen LogP contribution in [0, 0.1) is 5.41 Å². The third-order valence-corrected chi connectivity index (χ3v) is 3.24. The molecular weight excluding hydrogens is 268 g/mol. The molecule has 1 amide bonds. The Morgan fingerprint density at radius 2 is 1.90 bits per heavy atom. The summed E-state index contributed by atoms with van der Waals surface area (Å²) in [6.45, 7) is 6.02. The molecule has 1 aromatic carbocycles. The fourth-order valence-electron chi connectivity index (χ4n) is 2.32. The van der Waals surface area contributed by atoms with E-state index in [0.29, 0.717) is 12.1 Å². The van der Waals surface area contributed by atoms with E-state index < -0.39 is 5.97 Å². The third-order valence-electron chi connectivity index (χ3n) is 3.24. The third kappa shape index (κ3) is 3.42. The number of carbonyl (C=O) groups is 2. The maximum atomic E-state index is 11.9.